The average Bonchev–Trinajstić information content (AvgIpc) is 1.97. The number of ether oxygens (including phenoxy) is 1. The van der Waals surface area contributed by atoms with Gasteiger partial charge in [0.15, 0.2) is 6.61 Å². The summed E-state index contributed by atoms with van der Waals surface area (Å²) in [5, 5.41) is 0. The summed E-state index contributed by atoms with van der Waals surface area (Å²) >= 11 is 0. The minimum Gasteiger partial charge on any atom is -0.459 e. The van der Waals surface area contributed by atoms with Crippen molar-refractivity contribution in [2.75, 3.05) is 6.61 Å². The lowest BCUT2D eigenvalue weighted by atomic mass is 10.1. The molecule has 0 aromatic rings. The Kier molecular flexibility index (Phi) is 4.48. The van der Waals surface area contributed by atoms with E-state index in [4.69, 9.17) is 0 Å². The second kappa shape index (κ2) is 4.76. The Balaban J connectivity index is 4.10. The predicted molar refractivity (Wildman–Crippen MR) is 41.4 cm³/mol. The molecule has 0 N–H and O–H groups in total. The van der Waals surface area contributed by atoms with Gasteiger partial charge in [0.2, 0.25) is 0 Å². The Morgan fingerprint density at radius 2 is 1.67 bits per heavy atom. The van der Waals surface area contributed by atoms with E-state index in [1.807, 2.05) is 0 Å². The molecule has 0 unspecified atom stereocenters. The fourth-order valence-electron chi connectivity index (χ4n) is 0.645. The number of halogens is 5. The van der Waals surface area contributed by atoms with Gasteiger partial charge in [0.05, 0.1) is 0 Å². The van der Waals surface area contributed by atoms with Crippen LogP contribution in [0.25, 0.3) is 0 Å². The molecule has 0 aliphatic carbocycles. The lowest BCUT2D eigenvalue weighted by molar-refractivity contribution is -0.294. The monoisotopic (exact) mass is 234 g/mol. The third-order valence-corrected chi connectivity index (χ3v) is 1.40. The molecule has 0 amide bonds. The van der Waals surface area contributed by atoms with Gasteiger partial charge in [0.25, 0.3) is 0 Å². The molecular formula is C8H11F5O2. The van der Waals surface area contributed by atoms with Crippen molar-refractivity contribution in [1.29, 1.82) is 0 Å². The molecule has 0 heterocycles. The van der Waals surface area contributed by atoms with Gasteiger partial charge in [-0.05, 0) is 5.92 Å². The van der Waals surface area contributed by atoms with Crippen molar-refractivity contribution >= 4 is 5.97 Å². The molecule has 0 aliphatic heterocycles. The van der Waals surface area contributed by atoms with Crippen LogP contribution in [0, 0.1) is 5.92 Å². The van der Waals surface area contributed by atoms with Gasteiger partial charge in [0.1, 0.15) is 0 Å². The van der Waals surface area contributed by atoms with Crippen LogP contribution >= 0.6 is 0 Å². The molecule has 0 saturated heterocycles. The standard InChI is InChI=1S/C8H11F5O2/c1-5(2)3-6(14)15-4-7(9,10)8(11,12)13/h5H,3-4H2,1-2H3. The lowest BCUT2D eigenvalue weighted by Gasteiger charge is -2.19. The number of rotatable bonds is 4. The Morgan fingerprint density at radius 1 is 1.20 bits per heavy atom. The van der Waals surface area contributed by atoms with Crippen LogP contribution in [0.2, 0.25) is 0 Å². The minimum absolute atomic E-state index is 0.156. The lowest BCUT2D eigenvalue weighted by Crippen LogP contribution is -2.41. The van der Waals surface area contributed by atoms with E-state index in [-0.39, 0.29) is 12.3 Å². The number of hydrogen-bond donors (Lipinski definition) is 0. The normalized spacial score (nSPS) is 13.1. The molecule has 0 spiro atoms. The molecule has 0 aromatic carbocycles. The Hall–Kier alpha value is -0.880. The molecule has 2 nitrogen and oxygen atoms in total. The van der Waals surface area contributed by atoms with Gasteiger partial charge >= 0.3 is 18.1 Å². The second-order valence-corrected chi connectivity index (χ2v) is 3.46. The average molecular weight is 234 g/mol. The number of hydrogen-bond acceptors (Lipinski definition) is 2. The minimum atomic E-state index is -5.69. The third-order valence-electron chi connectivity index (χ3n) is 1.40. The van der Waals surface area contributed by atoms with Gasteiger partial charge < -0.3 is 4.74 Å². The maximum Gasteiger partial charge on any atom is 0.456 e. The maximum atomic E-state index is 12.2. The van der Waals surface area contributed by atoms with E-state index in [1.54, 1.807) is 13.8 Å². The maximum absolute atomic E-state index is 12.2. The molecule has 0 saturated carbocycles. The van der Waals surface area contributed by atoms with E-state index < -0.39 is 24.7 Å². The van der Waals surface area contributed by atoms with Crippen LogP contribution in [0.3, 0.4) is 0 Å². The van der Waals surface area contributed by atoms with E-state index in [1.165, 1.54) is 0 Å². The van der Waals surface area contributed by atoms with E-state index in [0.717, 1.165) is 0 Å². The van der Waals surface area contributed by atoms with E-state index >= 15 is 0 Å². The van der Waals surface area contributed by atoms with Crippen molar-refractivity contribution in [2.24, 2.45) is 5.92 Å². The summed E-state index contributed by atoms with van der Waals surface area (Å²) in [7, 11) is 0. The van der Waals surface area contributed by atoms with Gasteiger partial charge in [0, 0.05) is 6.42 Å². The van der Waals surface area contributed by atoms with Gasteiger partial charge in [-0.15, -0.1) is 0 Å². The molecule has 7 heteroatoms. The molecular weight excluding hydrogens is 223 g/mol. The molecule has 15 heavy (non-hydrogen) atoms. The Morgan fingerprint density at radius 3 is 2.00 bits per heavy atom. The first kappa shape index (κ1) is 14.1. The zero-order chi connectivity index (χ0) is 12.3. The van der Waals surface area contributed by atoms with Crippen molar-refractivity contribution in [3.8, 4) is 0 Å². The quantitative estimate of drug-likeness (QED) is 0.552. The van der Waals surface area contributed by atoms with Crippen LogP contribution in [-0.2, 0) is 9.53 Å². The number of carbonyl (C=O) groups is 1. The van der Waals surface area contributed by atoms with Crippen LogP contribution < -0.4 is 0 Å². The highest BCUT2D eigenvalue weighted by Crippen LogP contribution is 2.35. The third kappa shape index (κ3) is 4.94. The van der Waals surface area contributed by atoms with Crippen LogP contribution in [-0.4, -0.2) is 24.7 Å². The number of esters is 1. The van der Waals surface area contributed by atoms with Crippen LogP contribution in [0.5, 0.6) is 0 Å². The number of alkyl halides is 5. The second-order valence-electron chi connectivity index (χ2n) is 3.46. The van der Waals surface area contributed by atoms with E-state index in [2.05, 4.69) is 4.74 Å². The Bertz CT molecular complexity index is 222. The first-order valence-electron chi connectivity index (χ1n) is 4.16. The predicted octanol–water partition coefficient (Wildman–Crippen LogP) is 2.77. The highest BCUT2D eigenvalue weighted by atomic mass is 19.4. The van der Waals surface area contributed by atoms with Gasteiger partial charge in [-0.25, -0.2) is 0 Å². The molecule has 0 atom stereocenters. The van der Waals surface area contributed by atoms with Crippen LogP contribution in [0.15, 0.2) is 0 Å². The summed E-state index contributed by atoms with van der Waals surface area (Å²) in [5.41, 5.74) is 0. The summed E-state index contributed by atoms with van der Waals surface area (Å²) in [4.78, 5) is 10.7. The smallest absolute Gasteiger partial charge is 0.456 e. The zero-order valence-corrected chi connectivity index (χ0v) is 8.20. The van der Waals surface area contributed by atoms with Gasteiger partial charge in [-0.2, -0.15) is 22.0 Å². The van der Waals surface area contributed by atoms with Crippen molar-refractivity contribution in [1.82, 2.24) is 0 Å². The topological polar surface area (TPSA) is 26.3 Å². The van der Waals surface area contributed by atoms with Crippen molar-refractivity contribution < 1.29 is 31.5 Å². The first-order valence-corrected chi connectivity index (χ1v) is 4.16. The molecule has 0 rings (SSSR count). The molecule has 0 fully saturated rings. The molecule has 0 aromatic heterocycles. The van der Waals surface area contributed by atoms with Crippen LogP contribution in [0.1, 0.15) is 20.3 Å². The summed E-state index contributed by atoms with van der Waals surface area (Å²) in [6.45, 7) is 1.27. The van der Waals surface area contributed by atoms with Crippen molar-refractivity contribution in [3.63, 3.8) is 0 Å². The first-order chi connectivity index (χ1) is 6.56. The fraction of sp³-hybridized carbons (Fsp3) is 0.875. The van der Waals surface area contributed by atoms with Gasteiger partial charge in [-0.1, -0.05) is 13.8 Å². The zero-order valence-electron chi connectivity index (χ0n) is 8.20. The van der Waals surface area contributed by atoms with Gasteiger partial charge in [-0.3, -0.25) is 4.79 Å². The molecule has 90 valence electrons. The highest BCUT2D eigenvalue weighted by molar-refractivity contribution is 5.69. The summed E-state index contributed by atoms with van der Waals surface area (Å²) in [5.74, 6) is -6.20. The van der Waals surface area contributed by atoms with E-state index in [9.17, 15) is 26.7 Å². The molecule has 0 aliphatic rings. The van der Waals surface area contributed by atoms with Crippen molar-refractivity contribution in [2.45, 2.75) is 32.4 Å². The number of carbonyl (C=O) groups excluding carboxylic acids is 1. The summed E-state index contributed by atoms with van der Waals surface area (Å²) < 4.78 is 63.1. The summed E-state index contributed by atoms with van der Waals surface area (Å²) in [6.07, 6.45) is -5.88. The largest absolute Gasteiger partial charge is 0.459 e. The highest BCUT2D eigenvalue weighted by Gasteiger charge is 2.58. The fourth-order valence-corrected chi connectivity index (χ4v) is 0.645. The molecule has 0 radical (unpaired) electrons. The van der Waals surface area contributed by atoms with E-state index in [0.29, 0.717) is 0 Å². The molecule has 0 bridgehead atoms. The Labute approximate surface area is 83.4 Å². The summed E-state index contributed by atoms with van der Waals surface area (Å²) in [6, 6.07) is 0. The SMILES string of the molecule is CC(C)CC(=O)OCC(F)(F)C(F)(F)F. The van der Waals surface area contributed by atoms with Crippen molar-refractivity contribution in [3.05, 3.63) is 0 Å². The van der Waals surface area contributed by atoms with Crippen LogP contribution in [0.4, 0.5) is 22.0 Å².